The van der Waals surface area contributed by atoms with Crippen molar-refractivity contribution < 1.29 is 27.8 Å². The van der Waals surface area contributed by atoms with Gasteiger partial charge in [-0.25, -0.2) is 0 Å². The Morgan fingerprint density at radius 2 is 1.81 bits per heavy atom. The molecule has 0 bridgehead atoms. The van der Waals surface area contributed by atoms with Gasteiger partial charge in [0.15, 0.2) is 11.5 Å². The summed E-state index contributed by atoms with van der Waals surface area (Å²) in [6, 6.07) is 11.3. The van der Waals surface area contributed by atoms with Gasteiger partial charge in [0.2, 0.25) is 5.91 Å². The predicted octanol–water partition coefficient (Wildman–Crippen LogP) is 3.38. The van der Waals surface area contributed by atoms with Crippen LogP contribution >= 0.6 is 0 Å². The second-order valence-corrected chi connectivity index (χ2v) is 5.78. The molecule has 0 saturated heterocycles. The van der Waals surface area contributed by atoms with Crippen molar-refractivity contribution in [2.75, 3.05) is 33.1 Å². The second kappa shape index (κ2) is 9.72. The van der Waals surface area contributed by atoms with E-state index in [0.717, 1.165) is 5.56 Å². The number of halogens is 2. The number of likely N-dealkylation sites (N-methyl/N-ethyl adjacent to an activating group) is 1. The molecule has 0 heterocycles. The number of rotatable bonds is 9. The summed E-state index contributed by atoms with van der Waals surface area (Å²) in [5.74, 6) is 1.05. The fraction of sp³-hybridized carbons (Fsp3) is 0.316. The van der Waals surface area contributed by atoms with E-state index in [4.69, 9.17) is 9.47 Å². The highest BCUT2D eigenvalue weighted by Crippen LogP contribution is 2.31. The average Bonchev–Trinajstić information content (AvgIpc) is 2.62. The minimum Gasteiger partial charge on any atom is -0.493 e. The van der Waals surface area contributed by atoms with Gasteiger partial charge in [0, 0.05) is 17.8 Å². The van der Waals surface area contributed by atoms with Crippen LogP contribution in [0.4, 0.5) is 14.5 Å². The largest absolute Gasteiger partial charge is 0.493 e. The zero-order valence-electron chi connectivity index (χ0n) is 15.4. The summed E-state index contributed by atoms with van der Waals surface area (Å²) in [4.78, 5) is 14.0. The molecule has 0 aliphatic carbocycles. The fourth-order valence-electron chi connectivity index (χ4n) is 2.59. The van der Waals surface area contributed by atoms with Crippen molar-refractivity contribution in [1.29, 1.82) is 0 Å². The summed E-state index contributed by atoms with van der Waals surface area (Å²) in [5, 5.41) is 2.71. The third-order valence-electron chi connectivity index (χ3n) is 3.70. The van der Waals surface area contributed by atoms with Crippen LogP contribution < -0.4 is 19.5 Å². The summed E-state index contributed by atoms with van der Waals surface area (Å²) in [6.07, 6.45) is 0. The van der Waals surface area contributed by atoms with E-state index in [1.54, 1.807) is 27.3 Å². The summed E-state index contributed by atoms with van der Waals surface area (Å²) in [6.45, 7) is -2.27. The number of alkyl halides is 2. The predicted molar refractivity (Wildman–Crippen MR) is 97.6 cm³/mol. The van der Waals surface area contributed by atoms with E-state index < -0.39 is 6.61 Å². The van der Waals surface area contributed by atoms with Crippen LogP contribution in [-0.4, -0.2) is 45.2 Å². The fourth-order valence-corrected chi connectivity index (χ4v) is 2.59. The van der Waals surface area contributed by atoms with Crippen LogP contribution in [0.15, 0.2) is 42.5 Å². The van der Waals surface area contributed by atoms with E-state index in [2.05, 4.69) is 10.1 Å². The molecule has 0 aliphatic heterocycles. The molecule has 2 rings (SSSR count). The van der Waals surface area contributed by atoms with Gasteiger partial charge in [0.25, 0.3) is 0 Å². The molecule has 0 atom stereocenters. The Labute approximate surface area is 156 Å². The van der Waals surface area contributed by atoms with Crippen LogP contribution in [0.5, 0.6) is 17.2 Å². The molecule has 1 N–H and O–H groups in total. The number of hydrogen-bond donors (Lipinski definition) is 1. The van der Waals surface area contributed by atoms with Gasteiger partial charge in [-0.1, -0.05) is 12.1 Å². The Morgan fingerprint density at radius 3 is 2.41 bits per heavy atom. The quantitative estimate of drug-likeness (QED) is 0.723. The van der Waals surface area contributed by atoms with Crippen LogP contribution in [0.3, 0.4) is 0 Å². The van der Waals surface area contributed by atoms with Gasteiger partial charge in [-0.2, -0.15) is 8.78 Å². The number of carbonyl (C=O) groups is 1. The maximum absolute atomic E-state index is 12.2. The number of nitrogens with zero attached hydrogens (tertiary/aromatic N) is 1. The molecule has 8 heteroatoms. The first-order valence-corrected chi connectivity index (χ1v) is 8.16. The van der Waals surface area contributed by atoms with E-state index in [-0.39, 0.29) is 18.2 Å². The number of nitrogens with one attached hydrogen (secondary N) is 1. The van der Waals surface area contributed by atoms with Gasteiger partial charge in [0.1, 0.15) is 5.75 Å². The molecule has 0 aromatic heterocycles. The number of carbonyl (C=O) groups excluding carboxylic acids is 1. The molecule has 0 saturated carbocycles. The summed E-state index contributed by atoms with van der Waals surface area (Å²) in [5.41, 5.74) is 1.38. The number of ether oxygens (including phenoxy) is 3. The first-order chi connectivity index (χ1) is 12.9. The molecule has 0 unspecified atom stereocenters. The van der Waals surface area contributed by atoms with Crippen LogP contribution in [0, 0.1) is 0 Å². The normalized spacial score (nSPS) is 10.8. The van der Waals surface area contributed by atoms with E-state index in [1.165, 1.54) is 24.3 Å². The van der Waals surface area contributed by atoms with Crippen molar-refractivity contribution >= 4 is 11.6 Å². The maximum Gasteiger partial charge on any atom is 0.387 e. The summed E-state index contributed by atoms with van der Waals surface area (Å²) in [7, 11) is 4.93. The van der Waals surface area contributed by atoms with Crippen LogP contribution in [0.25, 0.3) is 0 Å². The smallest absolute Gasteiger partial charge is 0.387 e. The van der Waals surface area contributed by atoms with Crippen molar-refractivity contribution in [3.8, 4) is 17.2 Å². The van der Waals surface area contributed by atoms with Gasteiger partial charge in [-0.05, 0) is 37.4 Å². The van der Waals surface area contributed by atoms with Crippen molar-refractivity contribution in [3.63, 3.8) is 0 Å². The molecule has 2 aromatic carbocycles. The van der Waals surface area contributed by atoms with Crippen LogP contribution in [-0.2, 0) is 11.3 Å². The third kappa shape index (κ3) is 6.10. The Kier molecular flexibility index (Phi) is 7.36. The van der Waals surface area contributed by atoms with E-state index in [9.17, 15) is 13.6 Å². The van der Waals surface area contributed by atoms with Crippen molar-refractivity contribution in [3.05, 3.63) is 48.0 Å². The lowest BCUT2D eigenvalue weighted by atomic mass is 10.1. The highest BCUT2D eigenvalue weighted by Gasteiger charge is 2.13. The summed E-state index contributed by atoms with van der Waals surface area (Å²) < 4.78 is 39.2. The first kappa shape index (κ1) is 20.4. The maximum atomic E-state index is 12.2. The highest BCUT2D eigenvalue weighted by atomic mass is 19.3. The third-order valence-corrected chi connectivity index (χ3v) is 3.70. The Balaban J connectivity index is 1.92. The minimum absolute atomic E-state index is 0.0326. The van der Waals surface area contributed by atoms with Gasteiger partial charge < -0.3 is 19.5 Å². The number of hydrogen-bond acceptors (Lipinski definition) is 5. The molecule has 6 nitrogen and oxygen atoms in total. The number of methoxy groups -OCH3 is 2. The van der Waals surface area contributed by atoms with Gasteiger partial charge in [-0.15, -0.1) is 0 Å². The first-order valence-electron chi connectivity index (χ1n) is 8.16. The molecule has 0 spiro atoms. The molecule has 1 amide bonds. The van der Waals surface area contributed by atoms with Gasteiger partial charge in [-0.3, -0.25) is 9.69 Å². The Bertz CT molecular complexity index is 754. The zero-order valence-corrected chi connectivity index (χ0v) is 15.4. The molecule has 0 fully saturated rings. The molecule has 0 aliphatic rings. The van der Waals surface area contributed by atoms with Crippen LogP contribution in [0.1, 0.15) is 5.56 Å². The highest BCUT2D eigenvalue weighted by molar-refractivity contribution is 5.92. The van der Waals surface area contributed by atoms with Crippen LogP contribution in [0.2, 0.25) is 0 Å². The molecule has 146 valence electrons. The average molecular weight is 380 g/mol. The lowest BCUT2D eigenvalue weighted by molar-refractivity contribution is -0.117. The summed E-state index contributed by atoms with van der Waals surface area (Å²) >= 11 is 0. The Morgan fingerprint density at radius 1 is 1.11 bits per heavy atom. The molecule has 2 aromatic rings. The molecular weight excluding hydrogens is 358 g/mol. The topological polar surface area (TPSA) is 60.0 Å². The number of anilines is 1. The molecule has 0 radical (unpaired) electrons. The van der Waals surface area contributed by atoms with Crippen molar-refractivity contribution in [2.24, 2.45) is 0 Å². The van der Waals surface area contributed by atoms with Crippen molar-refractivity contribution in [2.45, 2.75) is 13.2 Å². The van der Waals surface area contributed by atoms with Crippen molar-refractivity contribution in [1.82, 2.24) is 4.90 Å². The minimum atomic E-state index is -2.88. The van der Waals surface area contributed by atoms with Gasteiger partial charge >= 0.3 is 6.61 Å². The standard InChI is InChI=1S/C19H22F2N2O4/c1-23(11-13-5-4-6-16(25-2)18(13)26-3)12-17(24)22-14-7-9-15(10-8-14)27-19(20)21/h4-10,19H,11-12H2,1-3H3,(H,22,24). The number of para-hydroxylation sites is 1. The van der Waals surface area contributed by atoms with E-state index >= 15 is 0 Å². The monoisotopic (exact) mass is 380 g/mol. The molecular formula is C19H22F2N2O4. The lowest BCUT2D eigenvalue weighted by Gasteiger charge is -2.19. The second-order valence-electron chi connectivity index (χ2n) is 5.78. The number of benzene rings is 2. The SMILES string of the molecule is COc1cccc(CN(C)CC(=O)Nc2ccc(OC(F)F)cc2)c1OC. The Hall–Kier alpha value is -2.87. The van der Waals surface area contributed by atoms with Gasteiger partial charge in [0.05, 0.1) is 20.8 Å². The molecule has 27 heavy (non-hydrogen) atoms. The van der Waals surface area contributed by atoms with E-state index in [1.807, 2.05) is 17.0 Å². The lowest BCUT2D eigenvalue weighted by Crippen LogP contribution is -2.30. The van der Waals surface area contributed by atoms with E-state index in [0.29, 0.717) is 23.7 Å². The zero-order chi connectivity index (χ0) is 19.8. The number of amides is 1.